The molecular formula is C12H8BrClN2O2. The third-order valence-corrected chi connectivity index (χ3v) is 2.91. The third kappa shape index (κ3) is 3.00. The third-order valence-electron chi connectivity index (χ3n) is 2.17. The number of phenolic OH excluding ortho intramolecular Hbond substituents is 1. The molecule has 18 heavy (non-hydrogen) atoms. The smallest absolute Gasteiger partial charge is 0.257 e. The van der Waals surface area contributed by atoms with Gasteiger partial charge in [0.1, 0.15) is 5.75 Å². The molecule has 0 atom stereocenters. The van der Waals surface area contributed by atoms with Gasteiger partial charge in [0.25, 0.3) is 5.91 Å². The maximum atomic E-state index is 11.9. The molecule has 2 aromatic rings. The van der Waals surface area contributed by atoms with Gasteiger partial charge in [0.05, 0.1) is 10.6 Å². The molecule has 1 amide bonds. The number of phenols is 1. The van der Waals surface area contributed by atoms with Crippen molar-refractivity contribution in [2.24, 2.45) is 0 Å². The van der Waals surface area contributed by atoms with E-state index >= 15 is 0 Å². The number of nitrogens with zero attached hydrogens (tertiary/aromatic N) is 1. The first-order valence-electron chi connectivity index (χ1n) is 4.96. The lowest BCUT2D eigenvalue weighted by Gasteiger charge is -2.06. The van der Waals surface area contributed by atoms with Crippen molar-refractivity contribution in [2.75, 3.05) is 5.32 Å². The summed E-state index contributed by atoms with van der Waals surface area (Å²) in [6, 6.07) is 6.10. The predicted molar refractivity (Wildman–Crippen MR) is 73.0 cm³/mol. The van der Waals surface area contributed by atoms with Crippen LogP contribution in [0.15, 0.2) is 41.1 Å². The van der Waals surface area contributed by atoms with Crippen LogP contribution in [-0.2, 0) is 0 Å². The number of amides is 1. The van der Waals surface area contributed by atoms with Crippen molar-refractivity contribution in [3.05, 3.63) is 51.7 Å². The van der Waals surface area contributed by atoms with Crippen LogP contribution in [0.4, 0.5) is 5.69 Å². The van der Waals surface area contributed by atoms with Gasteiger partial charge in [0, 0.05) is 22.6 Å². The second-order valence-corrected chi connectivity index (χ2v) is 4.84. The van der Waals surface area contributed by atoms with Gasteiger partial charge in [-0.2, -0.15) is 0 Å². The molecule has 0 aliphatic rings. The number of halogens is 2. The van der Waals surface area contributed by atoms with E-state index in [0.29, 0.717) is 11.3 Å². The second-order valence-electron chi connectivity index (χ2n) is 3.51. The van der Waals surface area contributed by atoms with Gasteiger partial charge in [-0.3, -0.25) is 9.78 Å². The summed E-state index contributed by atoms with van der Waals surface area (Å²) in [4.78, 5) is 15.8. The molecule has 0 radical (unpaired) electrons. The number of nitrogens with one attached hydrogen (secondary N) is 1. The van der Waals surface area contributed by atoms with Crippen molar-refractivity contribution in [1.29, 1.82) is 0 Å². The van der Waals surface area contributed by atoms with Crippen LogP contribution in [0, 0.1) is 0 Å². The van der Waals surface area contributed by atoms with Gasteiger partial charge in [0.2, 0.25) is 0 Å². The van der Waals surface area contributed by atoms with Crippen LogP contribution in [0.25, 0.3) is 0 Å². The van der Waals surface area contributed by atoms with Crippen LogP contribution in [0.2, 0.25) is 5.02 Å². The molecule has 1 aromatic carbocycles. The summed E-state index contributed by atoms with van der Waals surface area (Å²) >= 11 is 8.99. The molecule has 0 aliphatic heterocycles. The Kier molecular flexibility index (Phi) is 3.84. The number of anilines is 1. The van der Waals surface area contributed by atoms with E-state index in [1.807, 2.05) is 0 Å². The molecule has 92 valence electrons. The number of aromatic nitrogens is 1. The molecule has 0 spiro atoms. The minimum absolute atomic E-state index is 0.0289. The van der Waals surface area contributed by atoms with E-state index in [4.69, 9.17) is 11.6 Å². The largest absolute Gasteiger partial charge is 0.506 e. The minimum Gasteiger partial charge on any atom is -0.506 e. The molecule has 1 heterocycles. The van der Waals surface area contributed by atoms with E-state index < -0.39 is 0 Å². The highest BCUT2D eigenvalue weighted by Gasteiger charge is 2.08. The van der Waals surface area contributed by atoms with Crippen molar-refractivity contribution in [1.82, 2.24) is 4.98 Å². The molecule has 0 aliphatic carbocycles. The van der Waals surface area contributed by atoms with Gasteiger partial charge >= 0.3 is 0 Å². The summed E-state index contributed by atoms with van der Waals surface area (Å²) in [7, 11) is 0. The normalized spacial score (nSPS) is 10.1. The lowest BCUT2D eigenvalue weighted by Crippen LogP contribution is -2.12. The summed E-state index contributed by atoms with van der Waals surface area (Å²) in [5.74, 6) is -0.329. The summed E-state index contributed by atoms with van der Waals surface area (Å²) in [5.41, 5.74) is 0.927. The number of hydrogen-bond acceptors (Lipinski definition) is 3. The summed E-state index contributed by atoms with van der Waals surface area (Å²) in [5, 5.41) is 12.1. The SMILES string of the molecule is O=C(Nc1ccc(O)c(Cl)c1)c1cncc(Br)c1. The van der Waals surface area contributed by atoms with E-state index in [1.165, 1.54) is 18.3 Å². The number of hydrogen-bond donors (Lipinski definition) is 2. The Hall–Kier alpha value is -1.59. The van der Waals surface area contributed by atoms with Gasteiger partial charge in [-0.05, 0) is 40.2 Å². The van der Waals surface area contributed by atoms with Crippen LogP contribution in [-0.4, -0.2) is 16.0 Å². The number of aromatic hydroxyl groups is 1. The molecule has 4 nitrogen and oxygen atoms in total. The first-order valence-corrected chi connectivity index (χ1v) is 6.14. The molecule has 2 rings (SSSR count). The fraction of sp³-hybridized carbons (Fsp3) is 0. The molecule has 2 N–H and O–H groups in total. The first-order chi connectivity index (χ1) is 8.56. The monoisotopic (exact) mass is 326 g/mol. The Morgan fingerprint density at radius 1 is 1.33 bits per heavy atom. The van der Waals surface area contributed by atoms with E-state index in [1.54, 1.807) is 18.3 Å². The molecule has 0 bridgehead atoms. The molecule has 0 unspecified atom stereocenters. The summed E-state index contributed by atoms with van der Waals surface area (Å²) < 4.78 is 0.721. The van der Waals surface area contributed by atoms with Crippen LogP contribution < -0.4 is 5.32 Å². The Morgan fingerprint density at radius 2 is 2.11 bits per heavy atom. The van der Waals surface area contributed by atoms with Crippen LogP contribution in [0.5, 0.6) is 5.75 Å². The zero-order valence-corrected chi connectivity index (χ0v) is 11.4. The van der Waals surface area contributed by atoms with Crippen LogP contribution >= 0.6 is 27.5 Å². The van der Waals surface area contributed by atoms with Crippen molar-refractivity contribution >= 4 is 39.1 Å². The number of pyridine rings is 1. The molecule has 1 aromatic heterocycles. The van der Waals surface area contributed by atoms with Crippen LogP contribution in [0.3, 0.4) is 0 Å². The van der Waals surface area contributed by atoms with Crippen molar-refractivity contribution < 1.29 is 9.90 Å². The van der Waals surface area contributed by atoms with E-state index in [9.17, 15) is 9.90 Å². The van der Waals surface area contributed by atoms with Gasteiger partial charge in [-0.25, -0.2) is 0 Å². The highest BCUT2D eigenvalue weighted by molar-refractivity contribution is 9.10. The highest BCUT2D eigenvalue weighted by Crippen LogP contribution is 2.26. The van der Waals surface area contributed by atoms with Crippen molar-refractivity contribution in [3.8, 4) is 5.75 Å². The zero-order chi connectivity index (χ0) is 13.1. The van der Waals surface area contributed by atoms with Gasteiger partial charge < -0.3 is 10.4 Å². The lowest BCUT2D eigenvalue weighted by molar-refractivity contribution is 0.102. The number of carbonyl (C=O) groups is 1. The van der Waals surface area contributed by atoms with Crippen LogP contribution in [0.1, 0.15) is 10.4 Å². The predicted octanol–water partition coefficient (Wildman–Crippen LogP) is 3.46. The van der Waals surface area contributed by atoms with E-state index in [0.717, 1.165) is 4.47 Å². The molecular weight excluding hydrogens is 320 g/mol. The lowest BCUT2D eigenvalue weighted by atomic mass is 10.2. The van der Waals surface area contributed by atoms with Gasteiger partial charge in [-0.1, -0.05) is 11.6 Å². The average molecular weight is 328 g/mol. The average Bonchev–Trinajstić information content (AvgIpc) is 2.34. The molecule has 0 saturated heterocycles. The fourth-order valence-corrected chi connectivity index (χ4v) is 1.87. The first kappa shape index (κ1) is 12.9. The van der Waals surface area contributed by atoms with E-state index in [-0.39, 0.29) is 16.7 Å². The Bertz CT molecular complexity index is 604. The zero-order valence-electron chi connectivity index (χ0n) is 9.02. The maximum absolute atomic E-state index is 11.9. The fourth-order valence-electron chi connectivity index (χ4n) is 1.32. The summed E-state index contributed by atoms with van der Waals surface area (Å²) in [6.07, 6.45) is 3.05. The standard InChI is InChI=1S/C12H8BrClN2O2/c13-8-3-7(5-15-6-8)12(18)16-9-1-2-11(17)10(14)4-9/h1-6,17H,(H,16,18). The number of rotatable bonds is 2. The number of carbonyl (C=O) groups excluding carboxylic acids is 1. The Balaban J connectivity index is 2.18. The summed E-state index contributed by atoms with van der Waals surface area (Å²) in [6.45, 7) is 0. The maximum Gasteiger partial charge on any atom is 0.257 e. The topological polar surface area (TPSA) is 62.2 Å². The number of benzene rings is 1. The van der Waals surface area contributed by atoms with Crippen molar-refractivity contribution in [3.63, 3.8) is 0 Å². The van der Waals surface area contributed by atoms with Gasteiger partial charge in [-0.15, -0.1) is 0 Å². The molecule has 6 heteroatoms. The molecule has 0 fully saturated rings. The van der Waals surface area contributed by atoms with Gasteiger partial charge in [0.15, 0.2) is 0 Å². The quantitative estimate of drug-likeness (QED) is 0.830. The Labute approximate surface area is 117 Å². The second kappa shape index (κ2) is 5.37. The van der Waals surface area contributed by atoms with E-state index in [2.05, 4.69) is 26.2 Å². The highest BCUT2D eigenvalue weighted by atomic mass is 79.9. The minimum atomic E-state index is -0.300. The Morgan fingerprint density at radius 3 is 2.78 bits per heavy atom. The molecule has 0 saturated carbocycles. The van der Waals surface area contributed by atoms with Crippen molar-refractivity contribution in [2.45, 2.75) is 0 Å².